The molecule has 8 heteroatoms. The number of hydrogen-bond acceptors (Lipinski definition) is 4. The van der Waals surface area contributed by atoms with E-state index in [-0.39, 0.29) is 6.61 Å². The van der Waals surface area contributed by atoms with E-state index in [2.05, 4.69) is 20.7 Å². The molecule has 6 nitrogen and oxygen atoms in total. The molecule has 1 rings (SSSR count). The highest BCUT2D eigenvalue weighted by atomic mass is 79.9. The first-order valence-corrected chi connectivity index (χ1v) is 7.29. The molecule has 0 amide bonds. The topological polar surface area (TPSA) is 92.7 Å². The van der Waals surface area contributed by atoms with Gasteiger partial charge in [0, 0.05) is 17.1 Å². The number of benzene rings is 1. The van der Waals surface area contributed by atoms with Crippen molar-refractivity contribution in [1.82, 2.24) is 0 Å². The van der Waals surface area contributed by atoms with Crippen LogP contribution in [-0.2, 0) is 26.2 Å². The van der Waals surface area contributed by atoms with E-state index in [4.69, 9.17) is 9.84 Å². The Morgan fingerprint density at radius 2 is 2.17 bits per heavy atom. The molecule has 1 aromatic carbocycles. The van der Waals surface area contributed by atoms with Crippen LogP contribution >= 0.6 is 15.9 Å². The van der Waals surface area contributed by atoms with E-state index in [0.29, 0.717) is 15.7 Å². The molecule has 0 saturated carbocycles. The number of aliphatic carboxylic acids is 1. The largest absolute Gasteiger partial charge is 0.480 e. The predicted octanol–water partition coefficient (Wildman–Crippen LogP) is 1.42. The second-order valence-electron chi connectivity index (χ2n) is 3.45. The molecule has 0 bridgehead atoms. The summed E-state index contributed by atoms with van der Waals surface area (Å²) < 4.78 is 30.9. The first kappa shape index (κ1) is 14.9. The number of halogens is 1. The molecule has 0 fully saturated rings. The summed E-state index contributed by atoms with van der Waals surface area (Å²) in [5.41, 5.74) is 0.904. The molecule has 100 valence electrons. The van der Waals surface area contributed by atoms with Crippen LogP contribution in [0.2, 0.25) is 0 Å². The highest BCUT2D eigenvalue weighted by Gasteiger charge is 2.17. The summed E-state index contributed by atoms with van der Waals surface area (Å²) >= 11 is 3.28. The van der Waals surface area contributed by atoms with Gasteiger partial charge >= 0.3 is 5.97 Å². The molecule has 0 aromatic heterocycles. The summed E-state index contributed by atoms with van der Waals surface area (Å²) in [6.45, 7) is 0.201. The average Bonchev–Trinajstić information content (AvgIpc) is 2.20. The third-order valence-corrected chi connectivity index (χ3v) is 3.89. The number of anilines is 1. The second-order valence-corrected chi connectivity index (χ2v) is 6.03. The summed E-state index contributed by atoms with van der Waals surface area (Å²) in [5.74, 6) is -2.39. The molecule has 0 atom stereocenters. The molecule has 1 aromatic rings. The van der Waals surface area contributed by atoms with Crippen LogP contribution in [-0.4, -0.2) is 32.4 Å². The molecule has 0 aliphatic carbocycles. The van der Waals surface area contributed by atoms with E-state index in [1.54, 1.807) is 18.2 Å². The minimum Gasteiger partial charge on any atom is -0.480 e. The van der Waals surface area contributed by atoms with Crippen molar-refractivity contribution >= 4 is 37.6 Å². The number of carboxylic acid groups (broad SMARTS) is 1. The van der Waals surface area contributed by atoms with Crippen LogP contribution in [0.1, 0.15) is 5.56 Å². The Hall–Kier alpha value is -1.12. The minimum atomic E-state index is -3.92. The molecule has 18 heavy (non-hydrogen) atoms. The SMILES string of the molecule is COCc1c(Br)cccc1NS(=O)(=O)CC(=O)O. The Balaban J connectivity index is 3.04. The predicted molar refractivity (Wildman–Crippen MR) is 69.9 cm³/mol. The fourth-order valence-electron chi connectivity index (χ4n) is 1.31. The van der Waals surface area contributed by atoms with Crippen LogP contribution in [0.3, 0.4) is 0 Å². The lowest BCUT2D eigenvalue weighted by atomic mass is 10.2. The van der Waals surface area contributed by atoms with E-state index in [0.717, 1.165) is 0 Å². The smallest absolute Gasteiger partial charge is 0.320 e. The van der Waals surface area contributed by atoms with Gasteiger partial charge in [0.05, 0.1) is 12.3 Å². The number of sulfonamides is 1. The van der Waals surface area contributed by atoms with E-state index in [1.165, 1.54) is 7.11 Å². The van der Waals surface area contributed by atoms with Crippen LogP contribution in [0, 0.1) is 0 Å². The molecule has 0 aliphatic heterocycles. The first-order chi connectivity index (χ1) is 8.35. The Bertz CT molecular complexity index is 543. The van der Waals surface area contributed by atoms with Crippen molar-refractivity contribution in [3.8, 4) is 0 Å². The zero-order valence-corrected chi connectivity index (χ0v) is 11.9. The quantitative estimate of drug-likeness (QED) is 0.818. The Kier molecular flexibility index (Phi) is 5.12. The fraction of sp³-hybridized carbons (Fsp3) is 0.300. The van der Waals surface area contributed by atoms with Gasteiger partial charge in [-0.25, -0.2) is 8.42 Å². The minimum absolute atomic E-state index is 0.201. The Morgan fingerprint density at radius 3 is 2.72 bits per heavy atom. The average molecular weight is 338 g/mol. The third kappa shape index (κ3) is 4.28. The number of carbonyl (C=O) groups is 1. The lowest BCUT2D eigenvalue weighted by Gasteiger charge is -2.12. The van der Waals surface area contributed by atoms with Gasteiger partial charge in [0.25, 0.3) is 0 Å². The number of methoxy groups -OCH3 is 1. The molecule has 0 spiro atoms. The van der Waals surface area contributed by atoms with Crippen molar-refractivity contribution in [2.24, 2.45) is 0 Å². The summed E-state index contributed by atoms with van der Waals surface area (Å²) in [7, 11) is -2.44. The molecular weight excluding hydrogens is 326 g/mol. The van der Waals surface area contributed by atoms with Gasteiger partial charge in [0.1, 0.15) is 0 Å². The molecule has 0 saturated heterocycles. The van der Waals surface area contributed by atoms with E-state index in [1.807, 2.05) is 0 Å². The van der Waals surface area contributed by atoms with E-state index < -0.39 is 21.7 Å². The number of rotatable bonds is 6. The van der Waals surface area contributed by atoms with Gasteiger partial charge in [-0.05, 0) is 12.1 Å². The third-order valence-electron chi connectivity index (χ3n) is 1.99. The van der Waals surface area contributed by atoms with E-state index >= 15 is 0 Å². The van der Waals surface area contributed by atoms with Gasteiger partial charge in [-0.3, -0.25) is 9.52 Å². The molecule has 0 heterocycles. The molecule has 0 unspecified atom stereocenters. The van der Waals surface area contributed by atoms with Crippen LogP contribution < -0.4 is 4.72 Å². The van der Waals surface area contributed by atoms with Gasteiger partial charge in [0.2, 0.25) is 10.0 Å². The summed E-state index contributed by atoms with van der Waals surface area (Å²) in [5, 5.41) is 8.50. The van der Waals surface area contributed by atoms with Gasteiger partial charge in [-0.1, -0.05) is 22.0 Å². The maximum Gasteiger partial charge on any atom is 0.320 e. The highest BCUT2D eigenvalue weighted by Crippen LogP contribution is 2.26. The summed E-state index contributed by atoms with van der Waals surface area (Å²) in [6.07, 6.45) is 0. The Labute approximate surface area is 113 Å². The molecule has 0 radical (unpaired) electrons. The van der Waals surface area contributed by atoms with E-state index in [9.17, 15) is 13.2 Å². The summed E-state index contributed by atoms with van der Waals surface area (Å²) in [4.78, 5) is 10.4. The van der Waals surface area contributed by atoms with Crippen LogP contribution in [0.15, 0.2) is 22.7 Å². The number of ether oxygens (including phenoxy) is 1. The van der Waals surface area contributed by atoms with Crippen molar-refractivity contribution in [1.29, 1.82) is 0 Å². The Morgan fingerprint density at radius 1 is 1.50 bits per heavy atom. The zero-order valence-electron chi connectivity index (χ0n) is 9.51. The zero-order chi connectivity index (χ0) is 13.8. The van der Waals surface area contributed by atoms with Gasteiger partial charge in [-0.2, -0.15) is 0 Å². The highest BCUT2D eigenvalue weighted by molar-refractivity contribution is 9.10. The molecular formula is C10H12BrNO5S. The number of carboxylic acids is 1. The standard InChI is InChI=1S/C10H12BrNO5S/c1-17-5-7-8(11)3-2-4-9(7)12-18(15,16)6-10(13)14/h2-4,12H,5-6H2,1H3,(H,13,14). The lowest BCUT2D eigenvalue weighted by Crippen LogP contribution is -2.23. The summed E-state index contributed by atoms with van der Waals surface area (Å²) in [6, 6.07) is 4.92. The van der Waals surface area contributed by atoms with Crippen LogP contribution in [0.5, 0.6) is 0 Å². The van der Waals surface area contributed by atoms with Gasteiger partial charge in [0.15, 0.2) is 5.75 Å². The molecule has 2 N–H and O–H groups in total. The number of hydrogen-bond donors (Lipinski definition) is 2. The molecule has 0 aliphatic rings. The normalized spacial score (nSPS) is 11.2. The maximum absolute atomic E-state index is 11.5. The maximum atomic E-state index is 11.5. The van der Waals surface area contributed by atoms with Crippen molar-refractivity contribution in [3.63, 3.8) is 0 Å². The lowest BCUT2D eigenvalue weighted by molar-refractivity contribution is -0.134. The van der Waals surface area contributed by atoms with Gasteiger partial charge < -0.3 is 9.84 Å². The monoisotopic (exact) mass is 337 g/mol. The second kappa shape index (κ2) is 6.17. The van der Waals surface area contributed by atoms with Crippen molar-refractivity contribution in [2.75, 3.05) is 17.6 Å². The van der Waals surface area contributed by atoms with Crippen molar-refractivity contribution in [3.05, 3.63) is 28.2 Å². The van der Waals surface area contributed by atoms with Crippen LogP contribution in [0.25, 0.3) is 0 Å². The van der Waals surface area contributed by atoms with Crippen molar-refractivity contribution < 1.29 is 23.1 Å². The first-order valence-electron chi connectivity index (χ1n) is 4.84. The van der Waals surface area contributed by atoms with Crippen molar-refractivity contribution in [2.45, 2.75) is 6.61 Å². The number of nitrogens with one attached hydrogen (secondary N) is 1. The van der Waals surface area contributed by atoms with Gasteiger partial charge in [-0.15, -0.1) is 0 Å². The fourth-order valence-corrected chi connectivity index (χ4v) is 2.72. The van der Waals surface area contributed by atoms with Crippen LogP contribution in [0.4, 0.5) is 5.69 Å².